The van der Waals surface area contributed by atoms with Gasteiger partial charge in [0.15, 0.2) is 0 Å². The van der Waals surface area contributed by atoms with E-state index in [2.05, 4.69) is 138 Å². The zero-order valence-electron chi connectivity index (χ0n) is 29.7. The van der Waals surface area contributed by atoms with Gasteiger partial charge in [-0.2, -0.15) is 0 Å². The van der Waals surface area contributed by atoms with Crippen LogP contribution in [0.1, 0.15) is 12.8 Å². The van der Waals surface area contributed by atoms with Gasteiger partial charge in [0.2, 0.25) is 5.95 Å². The van der Waals surface area contributed by atoms with Crippen LogP contribution in [-0.4, -0.2) is 14.5 Å². The van der Waals surface area contributed by atoms with E-state index in [1.165, 1.54) is 0 Å². The van der Waals surface area contributed by atoms with Crippen molar-refractivity contribution in [1.82, 2.24) is 14.5 Å². The van der Waals surface area contributed by atoms with E-state index < -0.39 is 0 Å². The Hall–Kier alpha value is -7.24. The molecule has 0 spiro atoms. The number of rotatable bonds is 4. The van der Waals surface area contributed by atoms with Gasteiger partial charge in [0, 0.05) is 43.3 Å². The molecule has 55 heavy (non-hydrogen) atoms. The summed E-state index contributed by atoms with van der Waals surface area (Å²) < 4.78 is 15.3. The molecule has 0 atom stereocenters. The van der Waals surface area contributed by atoms with Crippen molar-refractivity contribution in [2.75, 3.05) is 0 Å². The summed E-state index contributed by atoms with van der Waals surface area (Å²) in [5.41, 5.74) is 12.0. The van der Waals surface area contributed by atoms with Gasteiger partial charge in [0.1, 0.15) is 22.3 Å². The van der Waals surface area contributed by atoms with Crippen LogP contribution in [0.5, 0.6) is 0 Å². The van der Waals surface area contributed by atoms with Crippen LogP contribution in [0.25, 0.3) is 117 Å². The summed E-state index contributed by atoms with van der Waals surface area (Å²) in [4.78, 5) is 10.7. The summed E-state index contributed by atoms with van der Waals surface area (Å²) in [7, 11) is 0. The first-order chi connectivity index (χ1) is 27.3. The summed E-state index contributed by atoms with van der Waals surface area (Å²) in [6.45, 7) is 0. The highest BCUT2D eigenvalue weighted by Gasteiger charge is 2.22. The zero-order valence-corrected chi connectivity index (χ0v) is 29.7. The van der Waals surface area contributed by atoms with E-state index in [-0.39, 0.29) is 0 Å². The van der Waals surface area contributed by atoms with Crippen molar-refractivity contribution in [2.45, 2.75) is 12.8 Å². The van der Waals surface area contributed by atoms with Crippen LogP contribution in [0.2, 0.25) is 0 Å². The lowest BCUT2D eigenvalue weighted by Gasteiger charge is -2.12. The van der Waals surface area contributed by atoms with Crippen molar-refractivity contribution in [3.63, 3.8) is 0 Å². The van der Waals surface area contributed by atoms with Crippen molar-refractivity contribution in [2.24, 2.45) is 0 Å². The molecule has 12 rings (SSSR count). The molecule has 5 nitrogen and oxygen atoms in total. The SMILES string of the molecule is C1=c2nc(-n3c4cc(-c5cccc(-c6cccc7c6oc6ccccc67)c5)ccc4c4c5oc6ccccc6c5ccc43)nc(-c3ccccc3)c2=CCC1. The zero-order chi connectivity index (χ0) is 36.0. The lowest BCUT2D eigenvalue weighted by Crippen LogP contribution is -2.34. The fourth-order valence-corrected chi connectivity index (χ4v) is 8.71. The van der Waals surface area contributed by atoms with Crippen molar-refractivity contribution in [3.05, 3.63) is 162 Å². The molecule has 0 unspecified atom stereocenters. The van der Waals surface area contributed by atoms with Crippen LogP contribution in [0.15, 0.2) is 160 Å². The minimum Gasteiger partial charge on any atom is -0.455 e. The Labute approximate surface area is 314 Å². The van der Waals surface area contributed by atoms with Gasteiger partial charge in [-0.1, -0.05) is 127 Å². The van der Waals surface area contributed by atoms with Crippen LogP contribution in [0.4, 0.5) is 0 Å². The summed E-state index contributed by atoms with van der Waals surface area (Å²) in [5, 5.41) is 8.66. The van der Waals surface area contributed by atoms with E-state index in [1.807, 2.05) is 30.3 Å². The molecule has 0 saturated heterocycles. The Morgan fingerprint density at radius 1 is 0.455 bits per heavy atom. The van der Waals surface area contributed by atoms with Crippen molar-refractivity contribution in [3.8, 4) is 39.5 Å². The molecule has 0 amide bonds. The summed E-state index contributed by atoms with van der Waals surface area (Å²) in [6, 6.07) is 53.3. The van der Waals surface area contributed by atoms with E-state index in [4.69, 9.17) is 18.8 Å². The maximum Gasteiger partial charge on any atom is 0.235 e. The normalized spacial score (nSPS) is 12.9. The standard InChI is InChI=1S/C50H31N3O2/c1-2-12-30(13-3-1)47-39-18-4-7-21-41(39)51-50(52-47)53-42-27-26-38-36-17-6-9-23-45(36)55-49(38)46(42)40-25-24-32(29-43(40)53)31-14-10-15-33(28-31)34-19-11-20-37-35-16-5-8-22-44(35)54-48(34)37/h1-3,5-6,8-29H,4,7H2. The van der Waals surface area contributed by atoms with Gasteiger partial charge in [-0.15, -0.1) is 0 Å². The van der Waals surface area contributed by atoms with Gasteiger partial charge in [-0.05, 0) is 65.9 Å². The number of fused-ring (bicyclic) bond motifs is 11. The number of furan rings is 2. The molecule has 0 radical (unpaired) electrons. The van der Waals surface area contributed by atoms with Crippen LogP contribution < -0.4 is 10.6 Å². The van der Waals surface area contributed by atoms with Gasteiger partial charge in [0.25, 0.3) is 0 Å². The molecule has 0 aliphatic heterocycles. The Kier molecular flexibility index (Phi) is 6.39. The minimum absolute atomic E-state index is 0.641. The molecule has 7 aromatic carbocycles. The van der Waals surface area contributed by atoms with E-state index >= 15 is 0 Å². The lowest BCUT2D eigenvalue weighted by atomic mass is 9.97. The molecule has 11 aromatic rings. The van der Waals surface area contributed by atoms with Crippen molar-refractivity contribution >= 4 is 77.8 Å². The third-order valence-electron chi connectivity index (χ3n) is 11.2. The van der Waals surface area contributed by atoms with Gasteiger partial charge in [-0.3, -0.25) is 4.57 Å². The molecule has 0 bridgehead atoms. The van der Waals surface area contributed by atoms with Gasteiger partial charge < -0.3 is 8.83 Å². The summed E-state index contributed by atoms with van der Waals surface area (Å²) in [5.74, 6) is 0.641. The van der Waals surface area contributed by atoms with Crippen molar-refractivity contribution < 1.29 is 8.83 Å². The summed E-state index contributed by atoms with van der Waals surface area (Å²) >= 11 is 0. The van der Waals surface area contributed by atoms with Gasteiger partial charge in [-0.25, -0.2) is 9.97 Å². The molecule has 5 heteroatoms. The molecule has 0 saturated carbocycles. The predicted molar refractivity (Wildman–Crippen MR) is 225 cm³/mol. The lowest BCUT2D eigenvalue weighted by molar-refractivity contribution is 0.670. The van der Waals surface area contributed by atoms with Crippen LogP contribution in [-0.2, 0) is 0 Å². The quantitative estimate of drug-likeness (QED) is 0.183. The third kappa shape index (κ3) is 4.53. The predicted octanol–water partition coefficient (Wildman–Crippen LogP) is 11.7. The number of aromatic nitrogens is 3. The Morgan fingerprint density at radius 3 is 1.96 bits per heavy atom. The number of hydrogen-bond acceptors (Lipinski definition) is 4. The third-order valence-corrected chi connectivity index (χ3v) is 11.2. The smallest absolute Gasteiger partial charge is 0.235 e. The molecule has 1 aliphatic carbocycles. The highest BCUT2D eigenvalue weighted by Crippen LogP contribution is 2.42. The number of nitrogens with zero attached hydrogens (tertiary/aromatic N) is 3. The van der Waals surface area contributed by atoms with Crippen molar-refractivity contribution in [1.29, 1.82) is 0 Å². The minimum atomic E-state index is 0.641. The van der Waals surface area contributed by atoms with Crippen LogP contribution in [0, 0.1) is 0 Å². The van der Waals surface area contributed by atoms with Gasteiger partial charge >= 0.3 is 0 Å². The van der Waals surface area contributed by atoms with E-state index in [9.17, 15) is 0 Å². The second-order valence-corrected chi connectivity index (χ2v) is 14.4. The maximum atomic E-state index is 6.67. The average Bonchev–Trinajstić information content (AvgIpc) is 3.93. The molecular weight excluding hydrogens is 675 g/mol. The average molecular weight is 706 g/mol. The Balaban J connectivity index is 1.12. The second kappa shape index (κ2) is 11.6. The summed E-state index contributed by atoms with van der Waals surface area (Å²) in [6.07, 6.45) is 6.45. The Bertz CT molecular complexity index is 3500. The first-order valence-corrected chi connectivity index (χ1v) is 18.8. The van der Waals surface area contributed by atoms with Crippen LogP contribution >= 0.6 is 0 Å². The fourth-order valence-electron chi connectivity index (χ4n) is 8.71. The van der Waals surface area contributed by atoms with E-state index in [1.54, 1.807) is 0 Å². The highest BCUT2D eigenvalue weighted by atomic mass is 16.3. The molecule has 4 heterocycles. The first-order valence-electron chi connectivity index (χ1n) is 18.8. The molecule has 4 aromatic heterocycles. The topological polar surface area (TPSA) is 57.0 Å². The largest absolute Gasteiger partial charge is 0.455 e. The number of hydrogen-bond donors (Lipinski definition) is 0. The molecule has 1 aliphatic rings. The highest BCUT2D eigenvalue weighted by molar-refractivity contribution is 6.24. The number of benzene rings is 7. The number of para-hydroxylation sites is 3. The monoisotopic (exact) mass is 705 g/mol. The second-order valence-electron chi connectivity index (χ2n) is 14.4. The Morgan fingerprint density at radius 2 is 1.11 bits per heavy atom. The van der Waals surface area contributed by atoms with E-state index in [0.717, 1.165) is 123 Å². The van der Waals surface area contributed by atoms with Gasteiger partial charge in [0.05, 0.1) is 27.5 Å². The molecule has 258 valence electrons. The molecule has 0 N–H and O–H groups in total. The fraction of sp³-hybridized carbons (Fsp3) is 0.0400. The van der Waals surface area contributed by atoms with E-state index in [0.29, 0.717) is 5.95 Å². The first kappa shape index (κ1) is 30.2. The molecule has 0 fully saturated rings. The maximum absolute atomic E-state index is 6.67. The van der Waals surface area contributed by atoms with Crippen LogP contribution in [0.3, 0.4) is 0 Å². The molecular formula is C50H31N3O2.